The number of carboxylic acid groups (broad SMARTS) is 1. The Balaban J connectivity index is 2.58. The number of aliphatic carboxylic acids is 1. The van der Waals surface area contributed by atoms with Gasteiger partial charge >= 0.3 is 5.97 Å². The Morgan fingerprint density at radius 3 is 2.65 bits per heavy atom. The lowest BCUT2D eigenvalue weighted by Crippen LogP contribution is -2.32. The fourth-order valence-corrected chi connectivity index (χ4v) is 1.51. The van der Waals surface area contributed by atoms with Gasteiger partial charge in [0, 0.05) is 12.1 Å². The van der Waals surface area contributed by atoms with Gasteiger partial charge in [-0.1, -0.05) is 24.6 Å². The van der Waals surface area contributed by atoms with E-state index in [4.69, 9.17) is 5.11 Å². The molecule has 0 aliphatic heterocycles. The highest BCUT2D eigenvalue weighted by Crippen LogP contribution is 2.05. The van der Waals surface area contributed by atoms with Crippen molar-refractivity contribution in [2.75, 3.05) is 6.54 Å². The van der Waals surface area contributed by atoms with Crippen LogP contribution in [0.15, 0.2) is 24.3 Å². The second kappa shape index (κ2) is 6.03. The first-order valence-electron chi connectivity index (χ1n) is 5.62. The molecule has 1 atom stereocenters. The predicted octanol–water partition coefficient (Wildman–Crippen LogP) is 1.84. The Bertz CT molecular complexity index is 415. The molecule has 1 amide bonds. The number of carbonyl (C=O) groups is 2. The van der Waals surface area contributed by atoms with Gasteiger partial charge in [0.1, 0.15) is 0 Å². The topological polar surface area (TPSA) is 66.4 Å². The monoisotopic (exact) mass is 235 g/mol. The van der Waals surface area contributed by atoms with E-state index < -0.39 is 11.9 Å². The lowest BCUT2D eigenvalue weighted by atomic mass is 10.1. The maximum atomic E-state index is 11.7. The van der Waals surface area contributed by atoms with Crippen molar-refractivity contribution in [1.29, 1.82) is 0 Å². The summed E-state index contributed by atoms with van der Waals surface area (Å²) in [6, 6.07) is 7.20. The first-order valence-corrected chi connectivity index (χ1v) is 5.62. The third-order valence-electron chi connectivity index (χ3n) is 2.63. The van der Waals surface area contributed by atoms with Gasteiger partial charge in [-0.3, -0.25) is 9.59 Å². The molecule has 1 aromatic rings. The molecule has 92 valence electrons. The summed E-state index contributed by atoms with van der Waals surface area (Å²) < 4.78 is 0. The third-order valence-corrected chi connectivity index (χ3v) is 2.63. The van der Waals surface area contributed by atoms with Crippen molar-refractivity contribution in [3.8, 4) is 0 Å². The summed E-state index contributed by atoms with van der Waals surface area (Å²) in [5, 5.41) is 11.5. The first kappa shape index (κ1) is 13.2. The molecule has 0 heterocycles. The highest BCUT2D eigenvalue weighted by Gasteiger charge is 2.16. The fourth-order valence-electron chi connectivity index (χ4n) is 1.51. The summed E-state index contributed by atoms with van der Waals surface area (Å²) in [5.41, 5.74) is 1.56. The van der Waals surface area contributed by atoms with Gasteiger partial charge in [0.15, 0.2) is 0 Å². The summed E-state index contributed by atoms with van der Waals surface area (Å²) >= 11 is 0. The molecule has 0 aromatic heterocycles. The number of rotatable bonds is 5. The van der Waals surface area contributed by atoms with E-state index in [2.05, 4.69) is 5.32 Å². The minimum absolute atomic E-state index is 0.165. The maximum Gasteiger partial charge on any atom is 0.308 e. The van der Waals surface area contributed by atoms with E-state index in [0.29, 0.717) is 12.0 Å². The first-order chi connectivity index (χ1) is 8.04. The van der Waals surface area contributed by atoms with Gasteiger partial charge in [0.25, 0.3) is 5.91 Å². The minimum Gasteiger partial charge on any atom is -0.481 e. The largest absolute Gasteiger partial charge is 0.481 e. The van der Waals surface area contributed by atoms with Crippen LogP contribution in [0.4, 0.5) is 0 Å². The van der Waals surface area contributed by atoms with E-state index >= 15 is 0 Å². The molecule has 0 aliphatic rings. The van der Waals surface area contributed by atoms with E-state index in [1.165, 1.54) is 0 Å². The zero-order valence-electron chi connectivity index (χ0n) is 10.1. The molecule has 0 spiro atoms. The quantitative estimate of drug-likeness (QED) is 0.818. The summed E-state index contributed by atoms with van der Waals surface area (Å²) in [7, 11) is 0. The third kappa shape index (κ3) is 3.90. The van der Waals surface area contributed by atoms with Crippen molar-refractivity contribution in [2.24, 2.45) is 5.92 Å². The number of hydrogen-bond donors (Lipinski definition) is 2. The second-order valence-electron chi connectivity index (χ2n) is 4.02. The number of nitrogens with one attached hydrogen (secondary N) is 1. The van der Waals surface area contributed by atoms with Crippen molar-refractivity contribution < 1.29 is 14.7 Å². The number of benzene rings is 1. The molecule has 0 bridgehead atoms. The maximum absolute atomic E-state index is 11.7. The summed E-state index contributed by atoms with van der Waals surface area (Å²) in [6.07, 6.45) is 0.503. The zero-order valence-corrected chi connectivity index (χ0v) is 10.1. The molecule has 1 rings (SSSR count). The van der Waals surface area contributed by atoms with E-state index in [1.54, 1.807) is 25.1 Å². The lowest BCUT2D eigenvalue weighted by molar-refractivity contribution is -0.141. The molecule has 17 heavy (non-hydrogen) atoms. The van der Waals surface area contributed by atoms with Crippen LogP contribution < -0.4 is 5.32 Å². The molecule has 0 aliphatic carbocycles. The summed E-state index contributed by atoms with van der Waals surface area (Å²) in [6.45, 7) is 3.86. The molecule has 4 heteroatoms. The molecule has 2 N–H and O–H groups in total. The number of carboxylic acids is 1. The zero-order chi connectivity index (χ0) is 12.8. The van der Waals surface area contributed by atoms with E-state index in [1.807, 2.05) is 13.0 Å². The molecular formula is C13H17NO3. The average molecular weight is 235 g/mol. The van der Waals surface area contributed by atoms with E-state index in [-0.39, 0.29) is 12.5 Å². The normalized spacial score (nSPS) is 11.9. The summed E-state index contributed by atoms with van der Waals surface area (Å²) in [5.74, 6) is -1.63. The second-order valence-corrected chi connectivity index (χ2v) is 4.02. The van der Waals surface area contributed by atoms with Crippen molar-refractivity contribution in [3.05, 3.63) is 35.4 Å². The average Bonchev–Trinajstić information content (AvgIpc) is 2.29. The van der Waals surface area contributed by atoms with Gasteiger partial charge in [-0.15, -0.1) is 0 Å². The smallest absolute Gasteiger partial charge is 0.308 e. The van der Waals surface area contributed by atoms with Crippen LogP contribution in [-0.2, 0) is 4.79 Å². The number of amides is 1. The molecular weight excluding hydrogens is 218 g/mol. The van der Waals surface area contributed by atoms with Gasteiger partial charge in [0.05, 0.1) is 5.92 Å². The highest BCUT2D eigenvalue weighted by molar-refractivity contribution is 5.94. The SMILES string of the molecule is CCC(CNC(=O)c1cccc(C)c1)C(=O)O. The Morgan fingerprint density at radius 2 is 2.12 bits per heavy atom. The Hall–Kier alpha value is -1.84. The minimum atomic E-state index is -0.878. The van der Waals surface area contributed by atoms with Crippen LogP contribution in [0.5, 0.6) is 0 Å². The van der Waals surface area contributed by atoms with Gasteiger partial charge in [-0.25, -0.2) is 0 Å². The molecule has 0 saturated heterocycles. The Morgan fingerprint density at radius 1 is 1.41 bits per heavy atom. The number of hydrogen-bond acceptors (Lipinski definition) is 2. The van der Waals surface area contributed by atoms with Crippen LogP contribution in [0.2, 0.25) is 0 Å². The van der Waals surface area contributed by atoms with Crippen molar-refractivity contribution in [1.82, 2.24) is 5.32 Å². The van der Waals surface area contributed by atoms with Crippen LogP contribution in [0.3, 0.4) is 0 Å². The van der Waals surface area contributed by atoms with Gasteiger partial charge in [0.2, 0.25) is 0 Å². The molecule has 0 saturated carbocycles. The van der Waals surface area contributed by atoms with Crippen LogP contribution in [0.25, 0.3) is 0 Å². The predicted molar refractivity (Wildman–Crippen MR) is 64.9 cm³/mol. The van der Waals surface area contributed by atoms with Gasteiger partial charge < -0.3 is 10.4 Å². The molecule has 0 radical (unpaired) electrons. The number of carbonyl (C=O) groups excluding carboxylic acids is 1. The van der Waals surface area contributed by atoms with Gasteiger partial charge in [-0.2, -0.15) is 0 Å². The summed E-state index contributed by atoms with van der Waals surface area (Å²) in [4.78, 5) is 22.5. The number of aryl methyl sites for hydroxylation is 1. The Labute approximate surface area is 101 Å². The highest BCUT2D eigenvalue weighted by atomic mass is 16.4. The molecule has 4 nitrogen and oxygen atoms in total. The van der Waals surface area contributed by atoms with Crippen molar-refractivity contribution >= 4 is 11.9 Å². The standard InChI is InChI=1S/C13H17NO3/c1-3-10(13(16)17)8-14-12(15)11-6-4-5-9(2)7-11/h4-7,10H,3,8H2,1-2H3,(H,14,15)(H,16,17). The molecule has 1 unspecified atom stereocenters. The fraction of sp³-hybridized carbons (Fsp3) is 0.385. The van der Waals surface area contributed by atoms with E-state index in [9.17, 15) is 9.59 Å². The van der Waals surface area contributed by atoms with Crippen LogP contribution in [0, 0.1) is 12.8 Å². The van der Waals surface area contributed by atoms with Crippen molar-refractivity contribution in [2.45, 2.75) is 20.3 Å². The van der Waals surface area contributed by atoms with Crippen LogP contribution >= 0.6 is 0 Å². The van der Waals surface area contributed by atoms with Gasteiger partial charge in [-0.05, 0) is 25.5 Å². The van der Waals surface area contributed by atoms with Crippen LogP contribution in [-0.4, -0.2) is 23.5 Å². The lowest BCUT2D eigenvalue weighted by Gasteiger charge is -2.11. The molecule has 1 aromatic carbocycles. The van der Waals surface area contributed by atoms with Crippen molar-refractivity contribution in [3.63, 3.8) is 0 Å². The molecule has 0 fully saturated rings. The van der Waals surface area contributed by atoms with E-state index in [0.717, 1.165) is 5.56 Å². The Kier molecular flexibility index (Phi) is 4.69. The van der Waals surface area contributed by atoms with Crippen LogP contribution in [0.1, 0.15) is 29.3 Å².